The third-order valence-electron chi connectivity index (χ3n) is 7.29. The zero-order valence-electron chi connectivity index (χ0n) is 23.9. The number of aromatic nitrogens is 8. The number of carbonyl (C=O) groups excluding carboxylic acids is 1. The van der Waals surface area contributed by atoms with Crippen LogP contribution in [0.5, 0.6) is 0 Å². The summed E-state index contributed by atoms with van der Waals surface area (Å²) in [4.78, 5) is 80.1. The van der Waals surface area contributed by atoms with Crippen LogP contribution in [0.2, 0.25) is 0 Å². The van der Waals surface area contributed by atoms with Crippen molar-refractivity contribution in [1.82, 2.24) is 38.6 Å². The number of phosphoric ester groups is 1. The molecule has 0 aromatic carbocycles. The second kappa shape index (κ2) is 11.8. The molecule has 0 unspecified atom stereocenters. The molecule has 1 aliphatic rings. The first-order chi connectivity index (χ1) is 21.1. The van der Waals surface area contributed by atoms with Crippen molar-refractivity contribution in [3.05, 3.63) is 52.0 Å². The molecule has 0 spiro atoms. The second-order valence-corrected chi connectivity index (χ2v) is 11.4. The first kappa shape index (κ1) is 31.9. The Morgan fingerprint density at radius 1 is 1.13 bits per heavy atom. The molecule has 45 heavy (non-hydrogen) atoms. The van der Waals surface area contributed by atoms with Crippen molar-refractivity contribution in [3.63, 3.8) is 0 Å². The van der Waals surface area contributed by atoms with E-state index in [1.807, 2.05) is 0 Å². The Bertz CT molecular complexity index is 1920. The lowest BCUT2D eigenvalue weighted by molar-refractivity contribution is -0.146. The van der Waals surface area contributed by atoms with E-state index in [0.29, 0.717) is 6.42 Å². The van der Waals surface area contributed by atoms with Gasteiger partial charge in [-0.15, -0.1) is 0 Å². The number of carbonyl (C=O) groups is 1. The zero-order chi connectivity index (χ0) is 32.8. The summed E-state index contributed by atoms with van der Waals surface area (Å²) < 4.78 is 59.5. The number of phosphoric acid groups is 1. The quantitative estimate of drug-likeness (QED) is 0.200. The average molecular weight is 655 g/mol. The molecule has 240 valence electrons. The number of halogens is 3. The fourth-order valence-corrected chi connectivity index (χ4v) is 5.22. The second-order valence-electron chi connectivity index (χ2n) is 10.1. The Labute approximate surface area is 250 Å². The highest BCUT2D eigenvalue weighted by Gasteiger charge is 2.46. The van der Waals surface area contributed by atoms with Gasteiger partial charge in [-0.05, 0) is 19.8 Å². The molecule has 0 aliphatic carbocycles. The molecule has 2 N–H and O–H groups in total. The van der Waals surface area contributed by atoms with Crippen molar-refractivity contribution in [3.8, 4) is 11.3 Å². The summed E-state index contributed by atoms with van der Waals surface area (Å²) in [5, 5.41) is 0. The minimum Gasteiger partial charge on any atom is -0.329 e. The Balaban J connectivity index is 1.48. The number of anilines is 2. The van der Waals surface area contributed by atoms with E-state index in [0.717, 1.165) is 25.1 Å². The van der Waals surface area contributed by atoms with E-state index in [9.17, 15) is 41.9 Å². The molecule has 1 fully saturated rings. The van der Waals surface area contributed by atoms with Crippen LogP contribution in [0.25, 0.3) is 22.4 Å². The molecule has 0 radical (unpaired) electrons. The molecule has 5 heterocycles. The molecule has 2 atom stereocenters. The van der Waals surface area contributed by atoms with Crippen LogP contribution < -0.4 is 21.0 Å². The SMILES string of the molecule is C[C@@H](C(=O)N(COP(=O)(O)O)c1cncc(-c2cnc(N3CCC[C@H]3C(F)(F)F)nc2)n1)n1cnc2c1c(=O)n(C)c(=O)n2C. The Kier molecular flexibility index (Phi) is 8.34. The maximum absolute atomic E-state index is 13.8. The summed E-state index contributed by atoms with van der Waals surface area (Å²) in [5.74, 6) is -1.22. The normalized spacial score (nSPS) is 16.4. The molecule has 1 saturated heterocycles. The standard InChI is InChI=1S/C24H26F3N10O7P/c1-13(36-11-31-19-18(36)21(39)34(3)23(40)33(19)2)20(38)37(12-44-45(41,42)43)17-10-28-9-15(32-17)14-7-29-22(30-8-14)35-6-4-5-16(35)24(25,26)27/h7-11,13,16H,4-6,12H2,1-3H3,(H2,41,42,43)/t13-,16-/m0/s1. The smallest absolute Gasteiger partial charge is 0.329 e. The van der Waals surface area contributed by atoms with E-state index in [1.165, 1.54) is 50.5 Å². The van der Waals surface area contributed by atoms with E-state index >= 15 is 0 Å². The number of imidazole rings is 1. The monoisotopic (exact) mass is 654 g/mol. The van der Waals surface area contributed by atoms with Gasteiger partial charge in [0.1, 0.15) is 18.8 Å². The van der Waals surface area contributed by atoms with Gasteiger partial charge in [-0.25, -0.2) is 29.3 Å². The van der Waals surface area contributed by atoms with E-state index in [4.69, 9.17) is 0 Å². The van der Waals surface area contributed by atoms with Gasteiger partial charge in [-0.3, -0.25) is 33.1 Å². The summed E-state index contributed by atoms with van der Waals surface area (Å²) in [6.45, 7) is 0.523. The lowest BCUT2D eigenvalue weighted by Gasteiger charge is -2.26. The van der Waals surface area contributed by atoms with Crippen LogP contribution >= 0.6 is 7.82 Å². The first-order valence-electron chi connectivity index (χ1n) is 13.2. The summed E-state index contributed by atoms with van der Waals surface area (Å²) in [6, 6.07) is -2.95. The van der Waals surface area contributed by atoms with Gasteiger partial charge in [0.2, 0.25) is 5.95 Å². The predicted molar refractivity (Wildman–Crippen MR) is 150 cm³/mol. The number of hydrogen-bond acceptors (Lipinski definition) is 11. The molecule has 4 aromatic rings. The molecule has 5 rings (SSSR count). The summed E-state index contributed by atoms with van der Waals surface area (Å²) in [7, 11) is -2.45. The number of hydrogen-bond donors (Lipinski definition) is 2. The highest BCUT2D eigenvalue weighted by Crippen LogP contribution is 2.37. The first-order valence-corrected chi connectivity index (χ1v) is 14.7. The van der Waals surface area contributed by atoms with E-state index in [-0.39, 0.29) is 47.2 Å². The maximum Gasteiger partial charge on any atom is 0.471 e. The van der Waals surface area contributed by atoms with Gasteiger partial charge in [0.25, 0.3) is 11.5 Å². The Morgan fingerprint density at radius 2 is 1.82 bits per heavy atom. The third kappa shape index (κ3) is 6.21. The zero-order valence-corrected chi connectivity index (χ0v) is 24.8. The number of alkyl halides is 3. The molecule has 21 heteroatoms. The Morgan fingerprint density at radius 3 is 2.47 bits per heavy atom. The number of nitrogens with zero attached hydrogens (tertiary/aromatic N) is 10. The summed E-state index contributed by atoms with van der Waals surface area (Å²) in [5.41, 5.74) is -1.16. The average Bonchev–Trinajstić information content (AvgIpc) is 3.67. The van der Waals surface area contributed by atoms with Crippen molar-refractivity contribution in [2.75, 3.05) is 23.1 Å². The number of amides is 1. The van der Waals surface area contributed by atoms with Crippen LogP contribution in [0.3, 0.4) is 0 Å². The third-order valence-corrected chi connectivity index (χ3v) is 7.74. The van der Waals surface area contributed by atoms with Crippen LogP contribution in [0.1, 0.15) is 25.8 Å². The number of fused-ring (bicyclic) bond motifs is 1. The maximum atomic E-state index is 13.8. The van der Waals surface area contributed by atoms with Crippen LogP contribution in [0.4, 0.5) is 24.9 Å². The minimum absolute atomic E-state index is 0.00138. The van der Waals surface area contributed by atoms with Gasteiger partial charge in [-0.1, -0.05) is 0 Å². The van der Waals surface area contributed by atoms with Crippen molar-refractivity contribution in [1.29, 1.82) is 0 Å². The van der Waals surface area contributed by atoms with Gasteiger partial charge < -0.3 is 19.3 Å². The predicted octanol–water partition coefficient (Wildman–Crippen LogP) is 0.873. The molecule has 0 saturated carbocycles. The Hall–Kier alpha value is -4.52. The van der Waals surface area contributed by atoms with Crippen LogP contribution in [0.15, 0.2) is 40.7 Å². The molecule has 1 aliphatic heterocycles. The van der Waals surface area contributed by atoms with E-state index in [2.05, 4.69) is 29.4 Å². The fourth-order valence-electron chi connectivity index (χ4n) is 4.95. The highest BCUT2D eigenvalue weighted by molar-refractivity contribution is 7.46. The van der Waals surface area contributed by atoms with Crippen LogP contribution in [0, 0.1) is 0 Å². The fraction of sp³-hybridized carbons (Fsp3) is 0.417. The van der Waals surface area contributed by atoms with Gasteiger partial charge in [0, 0.05) is 38.6 Å². The molecular formula is C24H26F3N10O7P. The van der Waals surface area contributed by atoms with Crippen molar-refractivity contribution < 1.29 is 36.8 Å². The molecular weight excluding hydrogens is 628 g/mol. The van der Waals surface area contributed by atoms with Gasteiger partial charge in [-0.2, -0.15) is 13.2 Å². The summed E-state index contributed by atoms with van der Waals surface area (Å²) >= 11 is 0. The van der Waals surface area contributed by atoms with Crippen LogP contribution in [-0.4, -0.2) is 79.8 Å². The highest BCUT2D eigenvalue weighted by atomic mass is 31.2. The van der Waals surface area contributed by atoms with Gasteiger partial charge >= 0.3 is 19.7 Å². The molecule has 4 aromatic heterocycles. The van der Waals surface area contributed by atoms with Crippen LogP contribution in [-0.2, 0) is 28.0 Å². The largest absolute Gasteiger partial charge is 0.471 e. The van der Waals surface area contributed by atoms with E-state index < -0.39 is 50.0 Å². The molecule has 17 nitrogen and oxygen atoms in total. The van der Waals surface area contributed by atoms with Gasteiger partial charge in [0.15, 0.2) is 17.0 Å². The number of aryl methyl sites for hydroxylation is 1. The van der Waals surface area contributed by atoms with Crippen molar-refractivity contribution >= 4 is 36.7 Å². The van der Waals surface area contributed by atoms with Gasteiger partial charge in [0.05, 0.1) is 24.4 Å². The van der Waals surface area contributed by atoms with Crippen molar-refractivity contribution in [2.45, 2.75) is 38.0 Å². The topological polar surface area (TPSA) is 204 Å². The summed E-state index contributed by atoms with van der Waals surface area (Å²) in [6.07, 6.45) is 1.81. The number of rotatable bonds is 8. The molecule has 0 bridgehead atoms. The lowest BCUT2D eigenvalue weighted by atomic mass is 10.2. The van der Waals surface area contributed by atoms with Crippen molar-refractivity contribution in [2.24, 2.45) is 14.1 Å². The lowest BCUT2D eigenvalue weighted by Crippen LogP contribution is -2.42. The molecule has 1 amide bonds. The van der Waals surface area contributed by atoms with E-state index in [1.54, 1.807) is 0 Å². The minimum atomic E-state index is -5.10.